The molecule has 6 heteroatoms. The zero-order valence-electron chi connectivity index (χ0n) is 20.9. The van der Waals surface area contributed by atoms with Gasteiger partial charge in [0.05, 0.1) is 63.1 Å². The van der Waals surface area contributed by atoms with Crippen molar-refractivity contribution in [3.05, 3.63) is 101 Å². The number of benzene rings is 2. The van der Waals surface area contributed by atoms with Gasteiger partial charge >= 0.3 is 0 Å². The van der Waals surface area contributed by atoms with Crippen LogP contribution in [0.1, 0.15) is 34.6 Å². The van der Waals surface area contributed by atoms with Gasteiger partial charge in [-0.1, -0.05) is 66.7 Å². The summed E-state index contributed by atoms with van der Waals surface area (Å²) in [5.74, 6) is 0. The minimum absolute atomic E-state index is 0.133. The summed E-state index contributed by atoms with van der Waals surface area (Å²) in [4.78, 5) is 9.64. The second-order valence-electron chi connectivity index (χ2n) is 9.07. The zero-order valence-corrected chi connectivity index (χ0v) is 20.9. The van der Waals surface area contributed by atoms with Crippen LogP contribution >= 0.6 is 0 Å². The third-order valence-electron chi connectivity index (χ3n) is 6.42. The fourth-order valence-corrected chi connectivity index (χ4v) is 4.47. The average Bonchev–Trinajstić information content (AvgIpc) is 2.88. The van der Waals surface area contributed by atoms with E-state index in [1.54, 1.807) is 0 Å². The lowest BCUT2D eigenvalue weighted by molar-refractivity contribution is -0.00874. The van der Waals surface area contributed by atoms with Crippen molar-refractivity contribution in [2.75, 3.05) is 53.7 Å². The van der Waals surface area contributed by atoms with E-state index in [0.717, 1.165) is 24.5 Å². The van der Waals surface area contributed by atoms with E-state index in [-0.39, 0.29) is 12.1 Å². The molecule has 0 amide bonds. The molecule has 0 spiro atoms. The van der Waals surface area contributed by atoms with Gasteiger partial charge in [0.1, 0.15) is 0 Å². The van der Waals surface area contributed by atoms with E-state index in [1.807, 2.05) is 12.1 Å². The Kier molecular flexibility index (Phi) is 9.81. The SMILES string of the molecule is CN1Cc2cccc(n2)CN(C)[C@@H](c2ccccc2)COCCOCCOC[C@@H]1c1ccccc1. The molecule has 2 bridgehead atoms. The van der Waals surface area contributed by atoms with Crippen LogP contribution < -0.4 is 0 Å². The first-order valence-corrected chi connectivity index (χ1v) is 12.4. The molecule has 186 valence electrons. The quantitative estimate of drug-likeness (QED) is 0.544. The Balaban J connectivity index is 1.54. The van der Waals surface area contributed by atoms with Crippen LogP contribution in [0.3, 0.4) is 0 Å². The molecule has 35 heavy (non-hydrogen) atoms. The highest BCUT2D eigenvalue weighted by Gasteiger charge is 2.20. The van der Waals surface area contributed by atoms with E-state index in [1.165, 1.54) is 11.1 Å². The monoisotopic (exact) mass is 475 g/mol. The third-order valence-corrected chi connectivity index (χ3v) is 6.42. The van der Waals surface area contributed by atoms with Gasteiger partial charge in [0, 0.05) is 13.1 Å². The molecule has 1 aromatic heterocycles. The van der Waals surface area contributed by atoms with Gasteiger partial charge in [-0.2, -0.15) is 0 Å². The van der Waals surface area contributed by atoms with Crippen molar-refractivity contribution < 1.29 is 14.2 Å². The fraction of sp³-hybridized carbons (Fsp3) is 0.414. The Morgan fingerprint density at radius 2 is 1.00 bits per heavy atom. The lowest BCUT2D eigenvalue weighted by Crippen LogP contribution is -2.30. The molecule has 2 atom stereocenters. The lowest BCUT2D eigenvalue weighted by atomic mass is 10.1. The molecule has 0 fully saturated rings. The summed E-state index contributed by atoms with van der Waals surface area (Å²) in [5, 5.41) is 0. The van der Waals surface area contributed by atoms with E-state index in [0.29, 0.717) is 39.6 Å². The number of ether oxygens (including phenoxy) is 3. The van der Waals surface area contributed by atoms with Crippen molar-refractivity contribution in [3.8, 4) is 0 Å². The standard InChI is InChI=1S/C29H37N3O3/c1-31-20-26-14-9-15-27(30-26)21-32(2)29(25-12-7-4-8-13-25)23-35-19-17-33-16-18-34-22-28(31)24-10-5-3-6-11-24/h3-15,28-29H,16-23H2,1-2H3/t28-,29-/m1/s1. The molecular weight excluding hydrogens is 438 g/mol. The van der Waals surface area contributed by atoms with Crippen molar-refractivity contribution in [1.29, 1.82) is 0 Å². The van der Waals surface area contributed by atoms with E-state index >= 15 is 0 Å². The summed E-state index contributed by atoms with van der Waals surface area (Å²) in [6, 6.07) is 27.6. The second-order valence-corrected chi connectivity index (χ2v) is 9.07. The summed E-state index contributed by atoms with van der Waals surface area (Å²) in [6.07, 6.45) is 0. The minimum atomic E-state index is 0.133. The maximum absolute atomic E-state index is 6.03. The normalized spacial score (nSPS) is 22.2. The van der Waals surface area contributed by atoms with Gasteiger partial charge in [-0.05, 0) is 37.4 Å². The molecule has 1 aliphatic rings. The summed E-state index contributed by atoms with van der Waals surface area (Å²) in [5.41, 5.74) is 4.58. The number of aromatic nitrogens is 1. The first-order valence-electron chi connectivity index (χ1n) is 12.4. The predicted molar refractivity (Wildman–Crippen MR) is 138 cm³/mol. The molecule has 0 radical (unpaired) electrons. The van der Waals surface area contributed by atoms with Crippen LogP contribution in [0.2, 0.25) is 0 Å². The molecule has 0 N–H and O–H groups in total. The van der Waals surface area contributed by atoms with E-state index in [2.05, 4.69) is 90.6 Å². The van der Waals surface area contributed by atoms with Crippen LogP contribution in [-0.4, -0.2) is 68.5 Å². The molecule has 2 heterocycles. The van der Waals surface area contributed by atoms with Crippen molar-refractivity contribution in [1.82, 2.24) is 14.8 Å². The van der Waals surface area contributed by atoms with Crippen molar-refractivity contribution in [2.45, 2.75) is 25.2 Å². The molecule has 0 unspecified atom stereocenters. The van der Waals surface area contributed by atoms with Gasteiger partial charge in [-0.15, -0.1) is 0 Å². The fourth-order valence-electron chi connectivity index (χ4n) is 4.47. The van der Waals surface area contributed by atoms with Gasteiger partial charge in [0.25, 0.3) is 0 Å². The molecular formula is C29H37N3O3. The Morgan fingerprint density at radius 3 is 1.46 bits per heavy atom. The number of fused-ring (bicyclic) bond motifs is 2. The molecule has 3 aromatic rings. The van der Waals surface area contributed by atoms with Crippen LogP contribution in [0.4, 0.5) is 0 Å². The number of pyridine rings is 1. The predicted octanol–water partition coefficient (Wildman–Crippen LogP) is 4.49. The zero-order chi connectivity index (χ0) is 24.3. The lowest BCUT2D eigenvalue weighted by Gasteiger charge is -2.29. The molecule has 0 aliphatic carbocycles. The Bertz CT molecular complexity index is 926. The van der Waals surface area contributed by atoms with Crippen molar-refractivity contribution >= 4 is 0 Å². The highest BCUT2D eigenvalue weighted by molar-refractivity contribution is 5.21. The molecule has 4 rings (SSSR count). The number of nitrogens with zero attached hydrogens (tertiary/aromatic N) is 3. The molecule has 6 nitrogen and oxygen atoms in total. The van der Waals surface area contributed by atoms with E-state index in [9.17, 15) is 0 Å². The molecule has 0 saturated carbocycles. The Morgan fingerprint density at radius 1 is 0.571 bits per heavy atom. The van der Waals surface area contributed by atoms with Gasteiger partial charge in [0.15, 0.2) is 0 Å². The van der Waals surface area contributed by atoms with Gasteiger partial charge in [-0.25, -0.2) is 0 Å². The topological polar surface area (TPSA) is 47.1 Å². The van der Waals surface area contributed by atoms with E-state index in [4.69, 9.17) is 19.2 Å². The Labute approximate surface area is 209 Å². The summed E-state index contributed by atoms with van der Waals surface area (Å²) in [7, 11) is 4.28. The van der Waals surface area contributed by atoms with Crippen molar-refractivity contribution in [2.24, 2.45) is 0 Å². The maximum atomic E-state index is 6.03. The molecule has 0 saturated heterocycles. The minimum Gasteiger partial charge on any atom is -0.377 e. The van der Waals surface area contributed by atoms with Crippen LogP contribution in [0.5, 0.6) is 0 Å². The van der Waals surface area contributed by atoms with Crippen LogP contribution in [0.25, 0.3) is 0 Å². The van der Waals surface area contributed by atoms with Crippen LogP contribution in [0.15, 0.2) is 78.9 Å². The van der Waals surface area contributed by atoms with Crippen molar-refractivity contribution in [3.63, 3.8) is 0 Å². The van der Waals surface area contributed by atoms with Crippen LogP contribution in [0, 0.1) is 0 Å². The first kappa shape index (κ1) is 25.5. The highest BCUT2D eigenvalue weighted by Crippen LogP contribution is 2.23. The maximum Gasteiger partial charge on any atom is 0.0701 e. The second kappa shape index (κ2) is 13.5. The Hall–Kier alpha value is -2.61. The summed E-state index contributed by atoms with van der Waals surface area (Å²) in [6.45, 7) is 4.90. The smallest absolute Gasteiger partial charge is 0.0701 e. The van der Waals surface area contributed by atoms with Gasteiger partial charge < -0.3 is 14.2 Å². The molecule has 2 aromatic carbocycles. The molecule has 1 aliphatic heterocycles. The number of hydrogen-bond donors (Lipinski definition) is 0. The number of rotatable bonds is 2. The first-order chi connectivity index (χ1) is 17.2. The van der Waals surface area contributed by atoms with Gasteiger partial charge in [0.2, 0.25) is 0 Å². The van der Waals surface area contributed by atoms with Gasteiger partial charge in [-0.3, -0.25) is 14.8 Å². The average molecular weight is 476 g/mol. The number of likely N-dealkylation sites (N-methyl/N-ethyl adjacent to an activating group) is 2. The third kappa shape index (κ3) is 7.69. The van der Waals surface area contributed by atoms with E-state index < -0.39 is 0 Å². The summed E-state index contributed by atoms with van der Waals surface area (Å²) >= 11 is 0. The largest absolute Gasteiger partial charge is 0.377 e. The summed E-state index contributed by atoms with van der Waals surface area (Å²) < 4.78 is 17.8. The number of hydrogen-bond acceptors (Lipinski definition) is 6. The highest BCUT2D eigenvalue weighted by atomic mass is 16.5. The van der Waals surface area contributed by atoms with Crippen LogP contribution in [-0.2, 0) is 27.3 Å².